The van der Waals surface area contributed by atoms with Crippen LogP contribution < -0.4 is 5.73 Å². The fourth-order valence-electron chi connectivity index (χ4n) is 1.99. The van der Waals surface area contributed by atoms with Gasteiger partial charge in [0.25, 0.3) is 0 Å². The number of aromatic nitrogens is 2. The smallest absolute Gasteiger partial charge is 0.326 e. The number of hydrogen-bond donors (Lipinski definition) is 1. The summed E-state index contributed by atoms with van der Waals surface area (Å²) in [4.78, 5) is 16.0. The van der Waals surface area contributed by atoms with E-state index >= 15 is 0 Å². The van der Waals surface area contributed by atoms with Crippen LogP contribution in [0.4, 0.5) is 0 Å². The quantitative estimate of drug-likeness (QED) is 0.636. The van der Waals surface area contributed by atoms with Gasteiger partial charge in [-0.1, -0.05) is 13.3 Å². The van der Waals surface area contributed by atoms with Gasteiger partial charge in [0.2, 0.25) is 0 Å². The minimum atomic E-state index is -0.237. The summed E-state index contributed by atoms with van der Waals surface area (Å²) in [5.41, 5.74) is 7.46. The Morgan fingerprint density at radius 3 is 3.11 bits per heavy atom. The number of ether oxygens (including phenoxy) is 1. The molecule has 0 saturated carbocycles. The topological polar surface area (TPSA) is 70.1 Å². The molecule has 2 aromatic rings. The van der Waals surface area contributed by atoms with Crippen LogP contribution in [0.2, 0.25) is 0 Å². The van der Waals surface area contributed by atoms with E-state index in [4.69, 9.17) is 10.5 Å². The van der Waals surface area contributed by atoms with Crippen molar-refractivity contribution in [3.8, 4) is 0 Å². The van der Waals surface area contributed by atoms with Gasteiger partial charge in [0.15, 0.2) is 0 Å². The first-order chi connectivity index (χ1) is 9.26. The van der Waals surface area contributed by atoms with Gasteiger partial charge in [0.05, 0.1) is 6.61 Å². The molecule has 102 valence electrons. The molecule has 2 N–H and O–H groups in total. The molecule has 0 spiro atoms. The molecular weight excluding hydrogens is 242 g/mol. The van der Waals surface area contributed by atoms with Gasteiger partial charge in [-0.2, -0.15) is 0 Å². The molecule has 0 unspecified atom stereocenters. The number of nitrogens with zero attached hydrogens (tertiary/aromatic N) is 2. The molecule has 0 aliphatic rings. The van der Waals surface area contributed by atoms with Gasteiger partial charge in [0.1, 0.15) is 12.2 Å². The highest BCUT2D eigenvalue weighted by Gasteiger charge is 2.11. The second-order valence-corrected chi connectivity index (χ2v) is 4.43. The maximum Gasteiger partial charge on any atom is 0.326 e. The molecule has 0 atom stereocenters. The molecule has 5 heteroatoms. The zero-order valence-electron chi connectivity index (χ0n) is 11.1. The van der Waals surface area contributed by atoms with E-state index in [1.165, 1.54) is 0 Å². The molecule has 19 heavy (non-hydrogen) atoms. The monoisotopic (exact) mass is 261 g/mol. The molecule has 5 nitrogen and oxygen atoms in total. The zero-order valence-corrected chi connectivity index (χ0v) is 11.1. The van der Waals surface area contributed by atoms with Crippen LogP contribution in [0.5, 0.6) is 0 Å². The van der Waals surface area contributed by atoms with Crippen molar-refractivity contribution in [2.45, 2.75) is 32.9 Å². The van der Waals surface area contributed by atoms with Crippen molar-refractivity contribution in [3.05, 3.63) is 30.1 Å². The van der Waals surface area contributed by atoms with Gasteiger partial charge in [0, 0.05) is 24.3 Å². The van der Waals surface area contributed by atoms with E-state index in [1.807, 2.05) is 18.3 Å². The summed E-state index contributed by atoms with van der Waals surface area (Å²) in [6, 6.07) is 3.83. The van der Waals surface area contributed by atoms with Crippen molar-refractivity contribution in [2.75, 3.05) is 6.61 Å². The number of rotatable bonds is 6. The molecule has 0 aromatic carbocycles. The molecule has 0 bridgehead atoms. The van der Waals surface area contributed by atoms with E-state index in [0.717, 1.165) is 29.4 Å². The number of nitrogens with two attached hydrogens (primary N) is 1. The highest BCUT2D eigenvalue weighted by molar-refractivity contribution is 5.82. The highest BCUT2D eigenvalue weighted by Crippen LogP contribution is 2.18. The third-order valence-electron chi connectivity index (χ3n) is 3.00. The van der Waals surface area contributed by atoms with E-state index in [0.29, 0.717) is 13.2 Å². The first-order valence-electron chi connectivity index (χ1n) is 6.54. The largest absolute Gasteiger partial charge is 0.464 e. The Hall–Kier alpha value is -1.88. The van der Waals surface area contributed by atoms with E-state index in [9.17, 15) is 4.79 Å². The second-order valence-electron chi connectivity index (χ2n) is 4.43. The normalized spacial score (nSPS) is 10.8. The van der Waals surface area contributed by atoms with Gasteiger partial charge in [-0.25, -0.2) is 4.98 Å². The minimum Gasteiger partial charge on any atom is -0.464 e. The van der Waals surface area contributed by atoms with Crippen LogP contribution in [0, 0.1) is 0 Å². The molecule has 0 fully saturated rings. The molecule has 0 aliphatic heterocycles. The number of esters is 1. The van der Waals surface area contributed by atoms with E-state index < -0.39 is 0 Å². The maximum absolute atomic E-state index is 11.7. The molecule has 0 radical (unpaired) electrons. The summed E-state index contributed by atoms with van der Waals surface area (Å²) in [5, 5.41) is 0.992. The van der Waals surface area contributed by atoms with Crippen LogP contribution in [-0.4, -0.2) is 22.1 Å². The van der Waals surface area contributed by atoms with Gasteiger partial charge >= 0.3 is 5.97 Å². The zero-order chi connectivity index (χ0) is 13.7. The third-order valence-corrected chi connectivity index (χ3v) is 3.00. The summed E-state index contributed by atoms with van der Waals surface area (Å²) in [5.74, 6) is -0.237. The minimum absolute atomic E-state index is 0.178. The maximum atomic E-state index is 11.7. The van der Waals surface area contributed by atoms with Crippen molar-refractivity contribution < 1.29 is 9.53 Å². The average Bonchev–Trinajstić information content (AvgIpc) is 2.77. The molecule has 2 aromatic heterocycles. The summed E-state index contributed by atoms with van der Waals surface area (Å²) in [6.45, 7) is 3.15. The SMILES string of the molecule is CCCCOC(=O)Cn1cc(CN)c2cccnc21. The van der Waals surface area contributed by atoms with Gasteiger partial charge in [-0.05, 0) is 24.1 Å². The van der Waals surface area contributed by atoms with Crippen LogP contribution in [-0.2, 0) is 22.6 Å². The van der Waals surface area contributed by atoms with Crippen molar-refractivity contribution in [3.63, 3.8) is 0 Å². The van der Waals surface area contributed by atoms with Crippen molar-refractivity contribution in [1.29, 1.82) is 0 Å². The summed E-state index contributed by atoms with van der Waals surface area (Å²) in [6.07, 6.45) is 5.49. The van der Waals surface area contributed by atoms with Gasteiger partial charge in [-0.15, -0.1) is 0 Å². The predicted molar refractivity (Wildman–Crippen MR) is 73.5 cm³/mol. The van der Waals surface area contributed by atoms with Crippen molar-refractivity contribution in [1.82, 2.24) is 9.55 Å². The average molecular weight is 261 g/mol. The van der Waals surface area contributed by atoms with Crippen LogP contribution in [0.25, 0.3) is 11.0 Å². The fraction of sp³-hybridized carbons (Fsp3) is 0.429. The lowest BCUT2D eigenvalue weighted by Gasteiger charge is -2.05. The number of unbranched alkanes of at least 4 members (excludes halogenated alkanes) is 1. The Kier molecular flexibility index (Phi) is 4.52. The van der Waals surface area contributed by atoms with Crippen molar-refractivity contribution >= 4 is 17.0 Å². The molecule has 0 amide bonds. The summed E-state index contributed by atoms with van der Waals surface area (Å²) in [7, 11) is 0. The first kappa shape index (κ1) is 13.5. The van der Waals surface area contributed by atoms with Crippen molar-refractivity contribution in [2.24, 2.45) is 5.73 Å². The number of carbonyl (C=O) groups is 1. The number of hydrogen-bond acceptors (Lipinski definition) is 4. The standard InChI is InChI=1S/C14H19N3O2/c1-2-3-7-19-13(18)10-17-9-11(8-15)12-5-4-6-16-14(12)17/h4-6,9H,2-3,7-8,10,15H2,1H3. The summed E-state index contributed by atoms with van der Waals surface area (Å²) < 4.78 is 6.96. The summed E-state index contributed by atoms with van der Waals surface area (Å²) >= 11 is 0. The number of carbonyl (C=O) groups excluding carboxylic acids is 1. The van der Waals surface area contributed by atoms with Gasteiger partial charge in [-0.3, -0.25) is 4.79 Å². The molecule has 0 aliphatic carbocycles. The van der Waals surface area contributed by atoms with Crippen LogP contribution in [0.3, 0.4) is 0 Å². The number of pyridine rings is 1. The fourth-order valence-corrected chi connectivity index (χ4v) is 1.99. The van der Waals surface area contributed by atoms with Gasteiger partial charge < -0.3 is 15.0 Å². The van der Waals surface area contributed by atoms with Crippen LogP contribution in [0.1, 0.15) is 25.3 Å². The Morgan fingerprint density at radius 1 is 1.53 bits per heavy atom. The van der Waals surface area contributed by atoms with E-state index in [2.05, 4.69) is 11.9 Å². The van der Waals surface area contributed by atoms with Crippen LogP contribution in [0.15, 0.2) is 24.5 Å². The lowest BCUT2D eigenvalue weighted by molar-refractivity contribution is -0.144. The highest BCUT2D eigenvalue weighted by atomic mass is 16.5. The van der Waals surface area contributed by atoms with E-state index in [-0.39, 0.29) is 12.5 Å². The second kappa shape index (κ2) is 6.33. The lowest BCUT2D eigenvalue weighted by Crippen LogP contribution is -2.14. The number of fused-ring (bicyclic) bond motifs is 1. The molecule has 0 saturated heterocycles. The Balaban J connectivity index is 2.14. The predicted octanol–water partition coefficient (Wildman–Crippen LogP) is 1.84. The Bertz CT molecular complexity index is 563. The Labute approximate surface area is 112 Å². The molecule has 2 heterocycles. The molecular formula is C14H19N3O2. The first-order valence-corrected chi connectivity index (χ1v) is 6.54. The molecule has 2 rings (SSSR count). The lowest BCUT2D eigenvalue weighted by atomic mass is 10.2. The third kappa shape index (κ3) is 3.12. The van der Waals surface area contributed by atoms with Crippen LogP contribution >= 0.6 is 0 Å². The van der Waals surface area contributed by atoms with E-state index in [1.54, 1.807) is 10.8 Å². The Morgan fingerprint density at radius 2 is 2.37 bits per heavy atom.